The van der Waals surface area contributed by atoms with Crippen molar-refractivity contribution in [3.63, 3.8) is 0 Å². The minimum absolute atomic E-state index is 0.108. The lowest BCUT2D eigenvalue weighted by Crippen LogP contribution is -2.51. The molecule has 0 N–H and O–H groups in total. The van der Waals surface area contributed by atoms with Crippen LogP contribution in [0, 0.1) is 29.1 Å². The number of nitriles is 1. The van der Waals surface area contributed by atoms with Crippen LogP contribution in [-0.4, -0.2) is 9.55 Å². The fourth-order valence-electron chi connectivity index (χ4n) is 5.50. The Bertz CT molecular complexity index is 632. The van der Waals surface area contributed by atoms with E-state index in [1.807, 2.05) is 6.07 Å². The molecule has 0 unspecified atom stereocenters. The Morgan fingerprint density at radius 1 is 1.25 bits per heavy atom. The average molecular weight is 269 g/mol. The molecule has 0 amide bonds. The van der Waals surface area contributed by atoms with E-state index in [0.717, 1.165) is 23.6 Å². The molecule has 1 aromatic heterocycles. The zero-order chi connectivity index (χ0) is 13.9. The SMILES string of the molecule is Cn1c(C23CC4CC(CC(C4)C2)C3)ncc(C#N)c1=O. The summed E-state index contributed by atoms with van der Waals surface area (Å²) in [7, 11) is 1.78. The van der Waals surface area contributed by atoms with E-state index in [2.05, 4.69) is 4.98 Å². The molecule has 5 rings (SSSR count). The lowest BCUT2D eigenvalue weighted by atomic mass is 9.49. The Kier molecular flexibility index (Phi) is 2.39. The van der Waals surface area contributed by atoms with Crippen LogP contribution in [0.15, 0.2) is 11.0 Å². The zero-order valence-corrected chi connectivity index (χ0v) is 11.8. The van der Waals surface area contributed by atoms with E-state index >= 15 is 0 Å². The van der Waals surface area contributed by atoms with E-state index < -0.39 is 0 Å². The molecule has 0 aliphatic heterocycles. The van der Waals surface area contributed by atoms with Crippen molar-refractivity contribution < 1.29 is 0 Å². The first-order valence-electron chi connectivity index (χ1n) is 7.58. The first-order valence-corrected chi connectivity index (χ1v) is 7.58. The van der Waals surface area contributed by atoms with Crippen molar-refractivity contribution in [2.75, 3.05) is 0 Å². The number of aromatic nitrogens is 2. The second-order valence-corrected chi connectivity index (χ2v) is 7.17. The third-order valence-corrected chi connectivity index (χ3v) is 5.80. The van der Waals surface area contributed by atoms with Gasteiger partial charge in [-0.05, 0) is 56.3 Å². The molecule has 4 bridgehead atoms. The van der Waals surface area contributed by atoms with E-state index in [-0.39, 0.29) is 16.5 Å². The van der Waals surface area contributed by atoms with Gasteiger partial charge < -0.3 is 0 Å². The average Bonchev–Trinajstić information content (AvgIpc) is 2.40. The third kappa shape index (κ3) is 1.52. The van der Waals surface area contributed by atoms with Gasteiger partial charge in [0.25, 0.3) is 5.56 Å². The molecule has 4 fully saturated rings. The summed E-state index contributed by atoms with van der Waals surface area (Å²) in [5, 5.41) is 8.96. The van der Waals surface area contributed by atoms with Crippen LogP contribution < -0.4 is 5.56 Å². The predicted molar refractivity (Wildman–Crippen MR) is 74.0 cm³/mol. The molecule has 0 aromatic carbocycles. The summed E-state index contributed by atoms with van der Waals surface area (Å²) in [5.74, 6) is 3.41. The number of hydrogen-bond donors (Lipinski definition) is 0. The van der Waals surface area contributed by atoms with Gasteiger partial charge >= 0.3 is 0 Å². The van der Waals surface area contributed by atoms with Crippen molar-refractivity contribution in [2.45, 2.75) is 43.9 Å². The standard InChI is InChI=1S/C16H19N3O/c1-19-14(20)13(8-17)9-18-15(19)16-5-10-2-11(6-16)4-12(3-10)7-16/h9-12H,2-7H2,1H3. The van der Waals surface area contributed by atoms with Crippen molar-refractivity contribution in [2.24, 2.45) is 24.8 Å². The molecule has 4 aliphatic rings. The summed E-state index contributed by atoms with van der Waals surface area (Å²) < 4.78 is 1.64. The summed E-state index contributed by atoms with van der Waals surface area (Å²) in [5.41, 5.74) is 0.0747. The Morgan fingerprint density at radius 3 is 2.30 bits per heavy atom. The molecule has 4 heteroatoms. The van der Waals surface area contributed by atoms with E-state index in [9.17, 15) is 4.79 Å². The molecule has 0 radical (unpaired) electrons. The Balaban J connectivity index is 1.84. The highest BCUT2D eigenvalue weighted by atomic mass is 16.1. The van der Waals surface area contributed by atoms with Gasteiger partial charge in [0.05, 0.1) is 6.20 Å². The van der Waals surface area contributed by atoms with E-state index in [4.69, 9.17) is 5.26 Å². The van der Waals surface area contributed by atoms with E-state index in [0.29, 0.717) is 0 Å². The van der Waals surface area contributed by atoms with Gasteiger partial charge in [0, 0.05) is 12.5 Å². The van der Waals surface area contributed by atoms with Crippen LogP contribution in [0.5, 0.6) is 0 Å². The molecule has 0 atom stereocenters. The highest BCUT2D eigenvalue weighted by Crippen LogP contribution is 2.60. The van der Waals surface area contributed by atoms with Crippen molar-refractivity contribution in [1.82, 2.24) is 9.55 Å². The maximum absolute atomic E-state index is 12.2. The number of hydrogen-bond acceptors (Lipinski definition) is 3. The monoisotopic (exact) mass is 269 g/mol. The molecule has 104 valence electrons. The summed E-state index contributed by atoms with van der Waals surface area (Å²) >= 11 is 0. The summed E-state index contributed by atoms with van der Waals surface area (Å²) in [4.78, 5) is 16.8. The Hall–Kier alpha value is -1.63. The lowest BCUT2D eigenvalue weighted by Gasteiger charge is -2.56. The lowest BCUT2D eigenvalue weighted by molar-refractivity contribution is -0.0113. The fraction of sp³-hybridized carbons (Fsp3) is 0.688. The van der Waals surface area contributed by atoms with Gasteiger partial charge in [-0.3, -0.25) is 9.36 Å². The highest BCUT2D eigenvalue weighted by molar-refractivity contribution is 5.26. The minimum atomic E-state index is -0.187. The molecule has 1 heterocycles. The maximum atomic E-state index is 12.2. The van der Waals surface area contributed by atoms with E-state index in [1.54, 1.807) is 11.6 Å². The van der Waals surface area contributed by atoms with Gasteiger partial charge in [0.1, 0.15) is 17.5 Å². The predicted octanol–water partition coefficient (Wildman–Crippen LogP) is 2.12. The Labute approximate surface area is 118 Å². The second kappa shape index (κ2) is 3.94. The van der Waals surface area contributed by atoms with Gasteiger partial charge in [0.2, 0.25) is 0 Å². The van der Waals surface area contributed by atoms with Crippen molar-refractivity contribution in [3.05, 3.63) is 27.9 Å². The van der Waals surface area contributed by atoms with Gasteiger partial charge in [-0.2, -0.15) is 5.26 Å². The molecule has 4 nitrogen and oxygen atoms in total. The van der Waals surface area contributed by atoms with Gasteiger partial charge in [-0.15, -0.1) is 0 Å². The number of rotatable bonds is 1. The van der Waals surface area contributed by atoms with Gasteiger partial charge in [-0.1, -0.05) is 0 Å². The van der Waals surface area contributed by atoms with Crippen LogP contribution in [0.4, 0.5) is 0 Å². The third-order valence-electron chi connectivity index (χ3n) is 5.80. The van der Waals surface area contributed by atoms with Crippen LogP contribution in [-0.2, 0) is 12.5 Å². The maximum Gasteiger partial charge on any atom is 0.271 e. The van der Waals surface area contributed by atoms with Crippen LogP contribution >= 0.6 is 0 Å². The summed E-state index contributed by atoms with van der Waals surface area (Å²) in [6, 6.07) is 1.94. The molecular formula is C16H19N3O. The summed E-state index contributed by atoms with van der Waals surface area (Å²) in [6.07, 6.45) is 9.17. The number of nitrogens with zero attached hydrogens (tertiary/aromatic N) is 3. The molecule has 1 aromatic rings. The topological polar surface area (TPSA) is 58.7 Å². The minimum Gasteiger partial charge on any atom is -0.298 e. The smallest absolute Gasteiger partial charge is 0.271 e. The normalized spacial score (nSPS) is 37.9. The molecule has 4 aliphatic carbocycles. The largest absolute Gasteiger partial charge is 0.298 e. The van der Waals surface area contributed by atoms with Crippen molar-refractivity contribution in [3.8, 4) is 6.07 Å². The van der Waals surface area contributed by atoms with Crippen LogP contribution in [0.1, 0.15) is 49.9 Å². The molecule has 20 heavy (non-hydrogen) atoms. The second-order valence-electron chi connectivity index (χ2n) is 7.17. The fourth-order valence-corrected chi connectivity index (χ4v) is 5.50. The zero-order valence-electron chi connectivity index (χ0n) is 11.8. The molecule has 0 saturated heterocycles. The first-order chi connectivity index (χ1) is 9.61. The molecule has 4 saturated carbocycles. The summed E-state index contributed by atoms with van der Waals surface area (Å²) in [6.45, 7) is 0. The molecule has 0 spiro atoms. The van der Waals surface area contributed by atoms with E-state index in [1.165, 1.54) is 44.7 Å². The van der Waals surface area contributed by atoms with Gasteiger partial charge in [0.15, 0.2) is 0 Å². The van der Waals surface area contributed by atoms with Crippen molar-refractivity contribution >= 4 is 0 Å². The quantitative estimate of drug-likeness (QED) is 0.784. The van der Waals surface area contributed by atoms with Crippen molar-refractivity contribution in [1.29, 1.82) is 5.26 Å². The van der Waals surface area contributed by atoms with Crippen LogP contribution in [0.25, 0.3) is 0 Å². The van der Waals surface area contributed by atoms with Gasteiger partial charge in [-0.25, -0.2) is 4.98 Å². The Morgan fingerprint density at radius 2 is 1.80 bits per heavy atom. The highest BCUT2D eigenvalue weighted by Gasteiger charge is 2.53. The van der Waals surface area contributed by atoms with Crippen LogP contribution in [0.2, 0.25) is 0 Å². The van der Waals surface area contributed by atoms with Crippen LogP contribution in [0.3, 0.4) is 0 Å². The molecular weight excluding hydrogens is 250 g/mol. The first kappa shape index (κ1) is 12.1.